The smallest absolute Gasteiger partial charge is 0.362 e. The Morgan fingerprint density at radius 1 is 1.14 bits per heavy atom. The fourth-order valence-corrected chi connectivity index (χ4v) is 3.10. The van der Waals surface area contributed by atoms with Crippen molar-refractivity contribution in [2.24, 2.45) is 0 Å². The van der Waals surface area contributed by atoms with E-state index in [0.29, 0.717) is 16.5 Å². The first kappa shape index (κ1) is 20.6. The van der Waals surface area contributed by atoms with Crippen molar-refractivity contribution in [2.75, 3.05) is 19.0 Å². The number of hydrogen-bond acceptors (Lipinski definition) is 3. The van der Waals surface area contributed by atoms with Gasteiger partial charge in [0.2, 0.25) is 0 Å². The van der Waals surface area contributed by atoms with Crippen LogP contribution >= 0.6 is 0 Å². The number of alkyl halides is 3. The Morgan fingerprint density at radius 2 is 1.86 bits per heavy atom. The lowest BCUT2D eigenvalue weighted by molar-refractivity contribution is -0.137. The molecule has 0 aliphatic carbocycles. The van der Waals surface area contributed by atoms with E-state index >= 15 is 0 Å². The lowest BCUT2D eigenvalue weighted by atomic mass is 10.0. The van der Waals surface area contributed by atoms with Crippen molar-refractivity contribution >= 4 is 22.6 Å². The number of rotatable bonds is 4. The highest BCUT2D eigenvalue weighted by atomic mass is 19.4. The van der Waals surface area contributed by atoms with Crippen molar-refractivity contribution in [3.63, 3.8) is 0 Å². The fraction of sp³-hybridized carbons (Fsp3) is 0.238. The molecule has 1 N–H and O–H groups in total. The second-order valence-electron chi connectivity index (χ2n) is 6.87. The molecular weight excluding hydrogens is 386 g/mol. The molecule has 0 bridgehead atoms. The Balaban J connectivity index is 2.02. The molecule has 152 valence electrons. The van der Waals surface area contributed by atoms with Gasteiger partial charge in [-0.05, 0) is 42.3 Å². The molecule has 1 heterocycles. The number of benzene rings is 2. The van der Waals surface area contributed by atoms with Crippen LogP contribution in [-0.2, 0) is 12.7 Å². The number of nitrogens with one attached hydrogen (secondary N) is 1. The molecule has 0 aliphatic rings. The van der Waals surface area contributed by atoms with Gasteiger partial charge in [0.05, 0.1) is 16.6 Å². The fourth-order valence-electron chi connectivity index (χ4n) is 3.10. The lowest BCUT2D eigenvalue weighted by Gasteiger charge is -2.20. The molecule has 0 saturated heterocycles. The van der Waals surface area contributed by atoms with Crippen LogP contribution in [0.15, 0.2) is 42.5 Å². The van der Waals surface area contributed by atoms with Crippen molar-refractivity contribution < 1.29 is 22.4 Å². The van der Waals surface area contributed by atoms with Crippen LogP contribution in [0.1, 0.15) is 27.0 Å². The maximum Gasteiger partial charge on any atom is 0.416 e. The van der Waals surface area contributed by atoms with E-state index in [0.717, 1.165) is 12.1 Å². The molecule has 0 radical (unpaired) electrons. The number of aromatic nitrogens is 1. The van der Waals surface area contributed by atoms with Gasteiger partial charge in [-0.3, -0.25) is 4.79 Å². The number of carbonyl (C=O) groups excluding carboxylic acids is 1. The highest BCUT2D eigenvalue weighted by molar-refractivity contribution is 6.05. The predicted octanol–water partition coefficient (Wildman–Crippen LogP) is 4.70. The number of carbonyl (C=O) groups is 1. The molecule has 2 aromatic carbocycles. The standard InChI is InChI=1S/C21H19F4N3O/c1-12-16-8-7-14(21(23,24)25)10-17(16)27-19(28(2)3)18(12)20(29)26-11-13-5-4-6-15(22)9-13/h4-10H,11H2,1-3H3,(H,26,29). The van der Waals surface area contributed by atoms with E-state index in [1.54, 1.807) is 38.1 Å². The molecule has 0 unspecified atom stereocenters. The van der Waals surface area contributed by atoms with Gasteiger partial charge in [0.25, 0.3) is 5.91 Å². The molecular formula is C21H19F4N3O. The summed E-state index contributed by atoms with van der Waals surface area (Å²) in [6.45, 7) is 1.77. The van der Waals surface area contributed by atoms with Gasteiger partial charge in [-0.15, -0.1) is 0 Å². The zero-order chi connectivity index (χ0) is 21.3. The van der Waals surface area contributed by atoms with Crippen LogP contribution in [0.2, 0.25) is 0 Å². The third-order valence-corrected chi connectivity index (χ3v) is 4.55. The Bertz CT molecular complexity index is 1080. The summed E-state index contributed by atoms with van der Waals surface area (Å²) in [5.41, 5.74) is 0.724. The quantitative estimate of drug-likeness (QED) is 0.640. The van der Waals surface area contributed by atoms with E-state index < -0.39 is 23.5 Å². The van der Waals surface area contributed by atoms with Gasteiger partial charge in [0, 0.05) is 26.0 Å². The number of aryl methyl sites for hydroxylation is 1. The molecule has 8 heteroatoms. The van der Waals surface area contributed by atoms with Crippen LogP contribution in [0.5, 0.6) is 0 Å². The summed E-state index contributed by atoms with van der Waals surface area (Å²) in [5.74, 6) is -0.592. The van der Waals surface area contributed by atoms with Crippen LogP contribution in [-0.4, -0.2) is 25.0 Å². The van der Waals surface area contributed by atoms with Gasteiger partial charge >= 0.3 is 6.18 Å². The minimum Gasteiger partial charge on any atom is -0.362 e. The first-order chi connectivity index (χ1) is 13.6. The van der Waals surface area contributed by atoms with Crippen LogP contribution < -0.4 is 10.2 Å². The molecule has 3 rings (SSSR count). The van der Waals surface area contributed by atoms with Crippen molar-refractivity contribution in [1.82, 2.24) is 10.3 Å². The summed E-state index contributed by atoms with van der Waals surface area (Å²) < 4.78 is 52.5. The van der Waals surface area contributed by atoms with Gasteiger partial charge in [0.1, 0.15) is 11.6 Å². The summed E-state index contributed by atoms with van der Waals surface area (Å²) in [6.07, 6.45) is -4.48. The van der Waals surface area contributed by atoms with Gasteiger partial charge < -0.3 is 10.2 Å². The van der Waals surface area contributed by atoms with Gasteiger partial charge in [-0.1, -0.05) is 18.2 Å². The number of halogens is 4. The molecule has 29 heavy (non-hydrogen) atoms. The molecule has 0 spiro atoms. The van der Waals surface area contributed by atoms with Crippen LogP contribution in [0, 0.1) is 12.7 Å². The SMILES string of the molecule is Cc1c(C(=O)NCc2cccc(F)c2)c(N(C)C)nc2cc(C(F)(F)F)ccc12. The molecule has 3 aromatic rings. The Labute approximate surface area is 165 Å². The summed E-state index contributed by atoms with van der Waals surface area (Å²) >= 11 is 0. The molecule has 0 atom stereocenters. The normalized spacial score (nSPS) is 11.6. The third kappa shape index (κ3) is 4.31. The molecule has 0 aliphatic heterocycles. The van der Waals surface area contributed by atoms with E-state index in [2.05, 4.69) is 10.3 Å². The second-order valence-corrected chi connectivity index (χ2v) is 6.87. The highest BCUT2D eigenvalue weighted by Crippen LogP contribution is 2.34. The molecule has 0 fully saturated rings. The average molecular weight is 405 g/mol. The van der Waals surface area contributed by atoms with E-state index in [4.69, 9.17) is 0 Å². The Morgan fingerprint density at radius 3 is 2.48 bits per heavy atom. The van der Waals surface area contributed by atoms with Crippen LogP contribution in [0.3, 0.4) is 0 Å². The van der Waals surface area contributed by atoms with Crippen LogP contribution in [0.4, 0.5) is 23.4 Å². The van der Waals surface area contributed by atoms with E-state index in [1.165, 1.54) is 18.2 Å². The van der Waals surface area contributed by atoms with Crippen LogP contribution in [0.25, 0.3) is 10.9 Å². The van der Waals surface area contributed by atoms with Crippen molar-refractivity contribution in [2.45, 2.75) is 19.6 Å². The molecule has 1 aromatic heterocycles. The summed E-state index contributed by atoms with van der Waals surface area (Å²) in [6, 6.07) is 9.12. The lowest BCUT2D eigenvalue weighted by Crippen LogP contribution is -2.27. The third-order valence-electron chi connectivity index (χ3n) is 4.55. The van der Waals surface area contributed by atoms with Gasteiger partial charge in [-0.2, -0.15) is 13.2 Å². The first-order valence-corrected chi connectivity index (χ1v) is 8.79. The minimum atomic E-state index is -4.48. The number of pyridine rings is 1. The van der Waals surface area contributed by atoms with Gasteiger partial charge in [0.15, 0.2) is 0 Å². The van der Waals surface area contributed by atoms with Crippen molar-refractivity contribution in [3.05, 3.63) is 70.5 Å². The second kappa shape index (κ2) is 7.69. The zero-order valence-electron chi connectivity index (χ0n) is 16.1. The number of amides is 1. The summed E-state index contributed by atoms with van der Waals surface area (Å²) in [5, 5.41) is 3.18. The number of anilines is 1. The summed E-state index contributed by atoms with van der Waals surface area (Å²) in [4.78, 5) is 18.7. The van der Waals surface area contributed by atoms with E-state index in [9.17, 15) is 22.4 Å². The monoisotopic (exact) mass is 405 g/mol. The molecule has 1 amide bonds. The number of fused-ring (bicyclic) bond motifs is 1. The van der Waals surface area contributed by atoms with Gasteiger partial charge in [-0.25, -0.2) is 9.37 Å². The maximum absolute atomic E-state index is 13.3. The predicted molar refractivity (Wildman–Crippen MR) is 103 cm³/mol. The zero-order valence-corrected chi connectivity index (χ0v) is 16.1. The Kier molecular flexibility index (Phi) is 5.46. The largest absolute Gasteiger partial charge is 0.416 e. The number of hydrogen-bond donors (Lipinski definition) is 1. The minimum absolute atomic E-state index is 0.105. The summed E-state index contributed by atoms with van der Waals surface area (Å²) in [7, 11) is 3.31. The average Bonchev–Trinajstić information content (AvgIpc) is 2.64. The van der Waals surface area contributed by atoms with Crippen molar-refractivity contribution in [1.29, 1.82) is 0 Å². The van der Waals surface area contributed by atoms with E-state index in [1.807, 2.05) is 0 Å². The topological polar surface area (TPSA) is 45.2 Å². The number of nitrogens with zero attached hydrogens (tertiary/aromatic N) is 2. The molecule has 4 nitrogen and oxygen atoms in total. The Hall–Kier alpha value is -3.16. The van der Waals surface area contributed by atoms with Crippen molar-refractivity contribution in [3.8, 4) is 0 Å². The first-order valence-electron chi connectivity index (χ1n) is 8.79. The molecule has 0 saturated carbocycles. The highest BCUT2D eigenvalue weighted by Gasteiger charge is 2.31. The maximum atomic E-state index is 13.3. The van der Waals surface area contributed by atoms with E-state index in [-0.39, 0.29) is 23.4 Å².